The van der Waals surface area contributed by atoms with Crippen LogP contribution in [0.1, 0.15) is 0 Å². The number of aromatic amines is 1. The van der Waals surface area contributed by atoms with E-state index in [2.05, 4.69) is 45.3 Å². The van der Waals surface area contributed by atoms with Gasteiger partial charge in [0.1, 0.15) is 15.1 Å². The number of rotatable bonds is 8. The Kier molecular flexibility index (Phi) is 6.21. The maximum atomic E-state index is 13.3. The first kappa shape index (κ1) is 21.9. The van der Waals surface area contributed by atoms with Crippen molar-refractivity contribution in [2.45, 2.75) is 17.7 Å². The first-order chi connectivity index (χ1) is 14.2. The average molecular weight is 512 g/mol. The lowest BCUT2D eigenvalue weighted by Gasteiger charge is -2.16. The average Bonchev–Trinajstić information content (AvgIpc) is 3.12. The summed E-state index contributed by atoms with van der Waals surface area (Å²) in [5.41, 5.74) is 0.311. The smallest absolute Gasteiger partial charge is 0.304 e. The predicted molar refractivity (Wildman–Crippen MR) is 101 cm³/mol. The Morgan fingerprint density at radius 2 is 1.73 bits per heavy atom. The fourth-order valence-electron chi connectivity index (χ4n) is 2.35. The Morgan fingerprint density at radius 1 is 1.10 bits per heavy atom. The van der Waals surface area contributed by atoms with Gasteiger partial charge in [-0.3, -0.25) is 0 Å². The van der Waals surface area contributed by atoms with E-state index in [-0.39, 0.29) is 4.90 Å². The van der Waals surface area contributed by atoms with Crippen molar-refractivity contribution in [2.24, 2.45) is 0 Å². The highest BCUT2D eigenvalue weighted by molar-refractivity contribution is 9.10. The first-order valence-electron chi connectivity index (χ1n) is 7.91. The molecule has 3 rings (SSSR count). The maximum Gasteiger partial charge on any atom is 0.304 e. The van der Waals surface area contributed by atoms with Gasteiger partial charge in [-0.15, -0.1) is 0 Å². The van der Waals surface area contributed by atoms with E-state index < -0.39 is 46.3 Å². The van der Waals surface area contributed by atoms with Gasteiger partial charge in [0.25, 0.3) is 28.1 Å². The van der Waals surface area contributed by atoms with Gasteiger partial charge in [-0.2, -0.15) is 14.4 Å². The van der Waals surface area contributed by atoms with Gasteiger partial charge in [0.15, 0.2) is 0 Å². The topological polar surface area (TPSA) is 128 Å². The number of aromatic nitrogens is 4. The largest absolute Gasteiger partial charge is 0.478 e. The minimum absolute atomic E-state index is 0.152. The number of nitrogens with zero attached hydrogens (tertiary/aromatic N) is 3. The third-order valence-electron chi connectivity index (χ3n) is 3.60. The summed E-state index contributed by atoms with van der Waals surface area (Å²) in [5.74, 6) is -2.22. The number of alkyl halides is 3. The standard InChI is InChI=1S/C15H13BrF3N5O5S/c1-27-13-9(29-11(19)10(17)18)14(28-2)23-15(22-13)24-30(25,26)7-5-20-12-6(7)3-4-8(16)21-12/h3-5,10-11H,1-2H3,(H,20,21)(H,22,23,24). The molecule has 15 heteroatoms. The van der Waals surface area contributed by atoms with E-state index in [4.69, 9.17) is 9.47 Å². The zero-order valence-corrected chi connectivity index (χ0v) is 17.6. The van der Waals surface area contributed by atoms with Crippen LogP contribution < -0.4 is 18.9 Å². The number of anilines is 1. The Morgan fingerprint density at radius 3 is 2.30 bits per heavy atom. The molecular weight excluding hydrogens is 499 g/mol. The van der Waals surface area contributed by atoms with Crippen LogP contribution in [0.15, 0.2) is 27.8 Å². The van der Waals surface area contributed by atoms with Crippen LogP contribution in [0, 0.1) is 0 Å². The second-order valence-corrected chi connectivity index (χ2v) is 7.95. The van der Waals surface area contributed by atoms with Gasteiger partial charge in [-0.05, 0) is 28.1 Å². The van der Waals surface area contributed by atoms with Crippen molar-refractivity contribution in [3.63, 3.8) is 0 Å². The predicted octanol–water partition coefficient (Wildman–Crippen LogP) is 2.87. The highest BCUT2D eigenvalue weighted by atomic mass is 79.9. The van der Waals surface area contributed by atoms with Gasteiger partial charge in [0.05, 0.1) is 14.2 Å². The normalized spacial score (nSPS) is 12.8. The monoisotopic (exact) mass is 511 g/mol. The Labute approximate surface area is 176 Å². The molecule has 0 saturated heterocycles. The molecule has 3 aromatic heterocycles. The number of sulfonamides is 1. The lowest BCUT2D eigenvalue weighted by molar-refractivity contribution is -0.0692. The fourth-order valence-corrected chi connectivity index (χ4v) is 3.77. The van der Waals surface area contributed by atoms with Crippen LogP contribution in [0.2, 0.25) is 0 Å². The van der Waals surface area contributed by atoms with Gasteiger partial charge in [-0.1, -0.05) is 0 Å². The summed E-state index contributed by atoms with van der Waals surface area (Å²) in [6.45, 7) is 0. The van der Waals surface area contributed by atoms with E-state index in [1.165, 1.54) is 12.3 Å². The summed E-state index contributed by atoms with van der Waals surface area (Å²) in [6.07, 6.45) is -5.24. The molecule has 2 N–H and O–H groups in total. The molecule has 0 saturated carbocycles. The molecule has 0 aliphatic carbocycles. The van der Waals surface area contributed by atoms with E-state index in [0.29, 0.717) is 15.6 Å². The molecule has 0 bridgehead atoms. The quantitative estimate of drug-likeness (QED) is 0.441. The van der Waals surface area contributed by atoms with Gasteiger partial charge >= 0.3 is 6.43 Å². The minimum Gasteiger partial charge on any atom is -0.478 e. The third kappa shape index (κ3) is 4.35. The van der Waals surface area contributed by atoms with Crippen LogP contribution in [0.25, 0.3) is 11.0 Å². The second-order valence-electron chi connectivity index (χ2n) is 5.49. The molecule has 10 nitrogen and oxygen atoms in total. The van der Waals surface area contributed by atoms with Crippen molar-refractivity contribution in [3.05, 3.63) is 22.9 Å². The van der Waals surface area contributed by atoms with Gasteiger partial charge < -0.3 is 19.2 Å². The number of fused-ring (bicyclic) bond motifs is 1. The summed E-state index contributed by atoms with van der Waals surface area (Å²) >= 11 is 3.18. The Balaban J connectivity index is 1.99. The van der Waals surface area contributed by atoms with Crippen molar-refractivity contribution in [3.8, 4) is 17.5 Å². The third-order valence-corrected chi connectivity index (χ3v) is 5.41. The number of halogens is 4. The molecule has 0 aliphatic heterocycles. The van der Waals surface area contributed by atoms with Crippen molar-refractivity contribution in [2.75, 3.05) is 18.9 Å². The van der Waals surface area contributed by atoms with Crippen LogP contribution in [-0.2, 0) is 10.0 Å². The number of nitrogens with one attached hydrogen (secondary N) is 2. The second kappa shape index (κ2) is 8.51. The van der Waals surface area contributed by atoms with Gasteiger partial charge in [0, 0.05) is 11.6 Å². The number of ether oxygens (including phenoxy) is 3. The number of pyridine rings is 1. The summed E-state index contributed by atoms with van der Waals surface area (Å²) in [5, 5.41) is 0.293. The van der Waals surface area contributed by atoms with Crippen LogP contribution in [0.5, 0.6) is 17.5 Å². The Bertz CT molecular complexity index is 1150. The molecule has 1 atom stereocenters. The number of H-pyrrole nitrogens is 1. The molecule has 3 aromatic rings. The van der Waals surface area contributed by atoms with Crippen LogP contribution in [-0.4, -0.2) is 55.4 Å². The summed E-state index contributed by atoms with van der Waals surface area (Å²) in [7, 11) is -2.04. The van der Waals surface area contributed by atoms with E-state index in [9.17, 15) is 21.6 Å². The maximum absolute atomic E-state index is 13.3. The number of hydrogen-bond acceptors (Lipinski definition) is 8. The lowest BCUT2D eigenvalue weighted by Crippen LogP contribution is -2.21. The molecule has 0 radical (unpaired) electrons. The fraction of sp³-hybridized carbons (Fsp3) is 0.267. The first-order valence-corrected chi connectivity index (χ1v) is 10.2. The molecule has 0 fully saturated rings. The van der Waals surface area contributed by atoms with Crippen LogP contribution in [0.4, 0.5) is 19.1 Å². The molecule has 0 aromatic carbocycles. The molecule has 1 unspecified atom stereocenters. The van der Waals surface area contributed by atoms with E-state index >= 15 is 0 Å². The molecular formula is C15H13BrF3N5O5S. The van der Waals surface area contributed by atoms with Gasteiger partial charge in [-0.25, -0.2) is 26.9 Å². The number of hydrogen-bond donors (Lipinski definition) is 2. The van der Waals surface area contributed by atoms with Crippen molar-refractivity contribution in [1.82, 2.24) is 19.9 Å². The molecule has 0 spiro atoms. The highest BCUT2D eigenvalue weighted by Gasteiger charge is 2.28. The zero-order valence-electron chi connectivity index (χ0n) is 15.2. The summed E-state index contributed by atoms with van der Waals surface area (Å²) in [4.78, 5) is 14.1. The molecule has 30 heavy (non-hydrogen) atoms. The van der Waals surface area contributed by atoms with Crippen molar-refractivity contribution in [1.29, 1.82) is 0 Å². The minimum atomic E-state index is -4.22. The lowest BCUT2D eigenvalue weighted by atomic mass is 10.3. The van der Waals surface area contributed by atoms with Crippen molar-refractivity contribution >= 4 is 42.9 Å². The SMILES string of the molecule is COc1nc(NS(=O)(=O)c2c[nH]c3nc(Br)ccc23)nc(OC)c1OC(F)C(F)F. The van der Waals surface area contributed by atoms with E-state index in [0.717, 1.165) is 14.2 Å². The Hall–Kier alpha value is -2.81. The summed E-state index contributed by atoms with van der Waals surface area (Å²) in [6, 6.07) is 3.09. The van der Waals surface area contributed by atoms with Crippen LogP contribution in [0.3, 0.4) is 0 Å². The number of methoxy groups -OCH3 is 2. The highest BCUT2D eigenvalue weighted by Crippen LogP contribution is 2.37. The van der Waals surface area contributed by atoms with E-state index in [1.807, 2.05) is 0 Å². The van der Waals surface area contributed by atoms with Crippen molar-refractivity contribution < 1.29 is 35.8 Å². The molecule has 0 aliphatic rings. The van der Waals surface area contributed by atoms with E-state index in [1.54, 1.807) is 6.07 Å². The zero-order chi connectivity index (χ0) is 22.1. The molecule has 162 valence electrons. The molecule has 0 amide bonds. The molecule has 3 heterocycles. The van der Waals surface area contributed by atoms with Crippen LogP contribution >= 0.6 is 15.9 Å². The van der Waals surface area contributed by atoms with Gasteiger partial charge in [0.2, 0.25) is 11.7 Å². The summed E-state index contributed by atoms with van der Waals surface area (Å²) < 4.78 is 80.7.